The minimum Gasteiger partial charge on any atom is -0.497 e. The molecule has 130 valence electrons. The van der Waals surface area contributed by atoms with Crippen molar-refractivity contribution in [1.82, 2.24) is 5.01 Å². The molecule has 0 saturated heterocycles. The Morgan fingerprint density at radius 3 is 2.64 bits per heavy atom. The van der Waals surface area contributed by atoms with Gasteiger partial charge in [-0.1, -0.05) is 29.8 Å². The van der Waals surface area contributed by atoms with Gasteiger partial charge in [0.15, 0.2) is 6.23 Å². The molecule has 0 N–H and O–H groups in total. The van der Waals surface area contributed by atoms with Gasteiger partial charge in [-0.3, -0.25) is 0 Å². The van der Waals surface area contributed by atoms with Gasteiger partial charge in [-0.05, 0) is 48.0 Å². The lowest BCUT2D eigenvalue weighted by Crippen LogP contribution is -2.43. The smallest absolute Gasteiger partial charge is 0.190 e. The van der Waals surface area contributed by atoms with Crippen LogP contribution >= 0.6 is 15.9 Å². The first kappa shape index (κ1) is 16.5. The maximum atomic E-state index is 6.26. The summed E-state index contributed by atoms with van der Waals surface area (Å²) >= 11 is 3.58. The van der Waals surface area contributed by atoms with E-state index in [4.69, 9.17) is 14.6 Å². The molecule has 2 aromatic carbocycles. The second kappa shape index (κ2) is 6.37. The Morgan fingerprint density at radius 2 is 1.96 bits per heavy atom. The van der Waals surface area contributed by atoms with Crippen LogP contribution in [0.5, 0.6) is 11.5 Å². The number of hydrogen-bond donors (Lipinski definition) is 0. The lowest BCUT2D eigenvalue weighted by molar-refractivity contribution is -0.0461. The van der Waals surface area contributed by atoms with Crippen molar-refractivity contribution in [1.29, 1.82) is 0 Å². The number of ether oxygens (including phenoxy) is 2. The average Bonchev–Trinajstić information content (AvgIpc) is 3.06. The molecule has 4 nitrogen and oxygen atoms in total. The largest absolute Gasteiger partial charge is 0.497 e. The monoisotopic (exact) mass is 400 g/mol. The van der Waals surface area contributed by atoms with Gasteiger partial charge in [-0.2, -0.15) is 5.10 Å². The second-order valence-electron chi connectivity index (χ2n) is 6.81. The van der Waals surface area contributed by atoms with Crippen LogP contribution in [0.1, 0.15) is 37.4 Å². The number of methoxy groups -OCH3 is 1. The predicted octanol–water partition coefficient (Wildman–Crippen LogP) is 4.98. The number of fused-ring (bicyclic) bond motifs is 3. The lowest BCUT2D eigenvalue weighted by atomic mass is 9.95. The normalized spacial score (nSPS) is 21.5. The molecule has 2 aliphatic heterocycles. The summed E-state index contributed by atoms with van der Waals surface area (Å²) in [7, 11) is 1.68. The summed E-state index contributed by atoms with van der Waals surface area (Å²) < 4.78 is 12.6. The fraction of sp³-hybridized carbons (Fsp3) is 0.350. The first-order valence-corrected chi connectivity index (χ1v) is 9.32. The number of rotatable bonds is 3. The summed E-state index contributed by atoms with van der Waals surface area (Å²) in [5.41, 5.74) is 3.42. The minimum absolute atomic E-state index is 0.0468. The molecule has 0 aliphatic carbocycles. The molecule has 0 saturated carbocycles. The maximum absolute atomic E-state index is 6.26. The Balaban J connectivity index is 1.72. The van der Waals surface area contributed by atoms with Gasteiger partial charge in [0.1, 0.15) is 11.5 Å². The molecular weight excluding hydrogens is 380 g/mol. The molecule has 2 aromatic rings. The summed E-state index contributed by atoms with van der Waals surface area (Å²) in [6, 6.07) is 14.6. The number of nitrogens with zero attached hydrogens (tertiary/aromatic N) is 2. The van der Waals surface area contributed by atoms with E-state index < -0.39 is 0 Å². The molecular formula is C20H21BrN2O2. The van der Waals surface area contributed by atoms with Crippen molar-refractivity contribution in [2.75, 3.05) is 7.11 Å². The average molecular weight is 401 g/mol. The molecule has 0 bridgehead atoms. The van der Waals surface area contributed by atoms with Crippen LogP contribution in [0, 0.1) is 5.92 Å². The van der Waals surface area contributed by atoms with E-state index in [0.29, 0.717) is 5.92 Å². The fourth-order valence-electron chi connectivity index (χ4n) is 3.48. The highest BCUT2D eigenvalue weighted by atomic mass is 79.9. The number of benzene rings is 2. The second-order valence-corrected chi connectivity index (χ2v) is 7.73. The Bertz CT molecular complexity index is 817. The molecule has 25 heavy (non-hydrogen) atoms. The number of hydrogen-bond acceptors (Lipinski definition) is 4. The van der Waals surface area contributed by atoms with Gasteiger partial charge < -0.3 is 9.47 Å². The van der Waals surface area contributed by atoms with Gasteiger partial charge in [0.05, 0.1) is 18.9 Å². The molecule has 0 aromatic heterocycles. The zero-order chi connectivity index (χ0) is 17.6. The maximum Gasteiger partial charge on any atom is 0.190 e. The highest BCUT2D eigenvalue weighted by Crippen LogP contribution is 2.45. The van der Waals surface area contributed by atoms with E-state index in [-0.39, 0.29) is 12.3 Å². The van der Waals surface area contributed by atoms with E-state index >= 15 is 0 Å². The van der Waals surface area contributed by atoms with Gasteiger partial charge >= 0.3 is 0 Å². The van der Waals surface area contributed by atoms with E-state index in [2.05, 4.69) is 59.1 Å². The molecule has 0 unspecified atom stereocenters. The standard InChI is InChI=1S/C20H21BrN2O2/c1-12(2)20-23-18(16-10-14(21)6-9-19(16)25-20)11-17(22-23)13-4-7-15(24-3)8-5-13/h4-10,12,18,20H,11H2,1-3H3/t18-,20+/m1/s1. The summed E-state index contributed by atoms with van der Waals surface area (Å²) in [5, 5.41) is 7.07. The molecule has 0 fully saturated rings. The highest BCUT2D eigenvalue weighted by molar-refractivity contribution is 9.10. The Labute approximate surface area is 156 Å². The van der Waals surface area contributed by atoms with Gasteiger partial charge in [0, 0.05) is 22.4 Å². The van der Waals surface area contributed by atoms with Crippen LogP contribution in [0.3, 0.4) is 0 Å². The highest BCUT2D eigenvalue weighted by Gasteiger charge is 2.41. The van der Waals surface area contributed by atoms with Gasteiger partial charge in [0.25, 0.3) is 0 Å². The van der Waals surface area contributed by atoms with Crippen molar-refractivity contribution >= 4 is 21.6 Å². The van der Waals surface area contributed by atoms with Gasteiger partial charge in [-0.25, -0.2) is 5.01 Å². The predicted molar refractivity (Wildman–Crippen MR) is 102 cm³/mol. The lowest BCUT2D eigenvalue weighted by Gasteiger charge is -2.40. The van der Waals surface area contributed by atoms with Crippen LogP contribution in [0.4, 0.5) is 0 Å². The summed E-state index contributed by atoms with van der Waals surface area (Å²) in [4.78, 5) is 0. The van der Waals surface area contributed by atoms with Gasteiger partial charge in [-0.15, -0.1) is 0 Å². The SMILES string of the molecule is COc1ccc(C2=NN3[C@H](C2)c2cc(Br)ccc2O[C@H]3C(C)C)cc1. The van der Waals surface area contributed by atoms with E-state index in [9.17, 15) is 0 Å². The zero-order valence-corrected chi connectivity index (χ0v) is 16.2. The van der Waals surface area contributed by atoms with Gasteiger partial charge in [0.2, 0.25) is 0 Å². The summed E-state index contributed by atoms with van der Waals surface area (Å²) in [5.74, 6) is 2.17. The molecule has 0 radical (unpaired) electrons. The fourth-order valence-corrected chi connectivity index (χ4v) is 3.86. The third kappa shape index (κ3) is 2.91. The molecule has 2 atom stereocenters. The third-order valence-electron chi connectivity index (χ3n) is 4.78. The number of hydrazone groups is 1. The Morgan fingerprint density at radius 1 is 1.20 bits per heavy atom. The molecule has 2 aliphatic rings. The Hall–Kier alpha value is -2.01. The molecule has 4 rings (SSSR count). The first-order chi connectivity index (χ1) is 12.1. The molecule has 0 spiro atoms. The summed E-state index contributed by atoms with van der Waals surface area (Å²) in [6.45, 7) is 4.35. The van der Waals surface area contributed by atoms with E-state index in [1.54, 1.807) is 7.11 Å². The van der Waals surface area contributed by atoms with Crippen molar-refractivity contribution in [3.05, 3.63) is 58.1 Å². The quantitative estimate of drug-likeness (QED) is 0.727. The molecule has 2 heterocycles. The zero-order valence-electron chi connectivity index (χ0n) is 14.6. The van der Waals surface area contributed by atoms with Crippen LogP contribution < -0.4 is 9.47 Å². The van der Waals surface area contributed by atoms with Crippen LogP contribution in [-0.2, 0) is 0 Å². The van der Waals surface area contributed by atoms with Crippen molar-refractivity contribution in [2.24, 2.45) is 11.0 Å². The van der Waals surface area contributed by atoms with E-state index in [1.807, 2.05) is 18.2 Å². The van der Waals surface area contributed by atoms with Crippen LogP contribution in [0.2, 0.25) is 0 Å². The Kier molecular flexibility index (Phi) is 4.20. The molecule has 0 amide bonds. The van der Waals surface area contributed by atoms with Crippen LogP contribution in [-0.4, -0.2) is 24.1 Å². The minimum atomic E-state index is -0.0468. The van der Waals surface area contributed by atoms with Crippen LogP contribution in [0.15, 0.2) is 52.0 Å². The topological polar surface area (TPSA) is 34.1 Å². The van der Waals surface area contributed by atoms with Crippen molar-refractivity contribution in [3.8, 4) is 11.5 Å². The van der Waals surface area contributed by atoms with Crippen molar-refractivity contribution in [2.45, 2.75) is 32.5 Å². The van der Waals surface area contributed by atoms with Crippen LogP contribution in [0.25, 0.3) is 0 Å². The third-order valence-corrected chi connectivity index (χ3v) is 5.27. The van der Waals surface area contributed by atoms with Crippen molar-refractivity contribution < 1.29 is 9.47 Å². The van der Waals surface area contributed by atoms with Crippen molar-refractivity contribution in [3.63, 3.8) is 0 Å². The number of halogens is 1. The van der Waals surface area contributed by atoms with E-state index in [1.165, 1.54) is 5.56 Å². The summed E-state index contributed by atoms with van der Waals surface area (Å²) in [6.07, 6.45) is 0.831. The molecule has 5 heteroatoms. The first-order valence-electron chi connectivity index (χ1n) is 8.53. The van der Waals surface area contributed by atoms with E-state index in [0.717, 1.165) is 33.7 Å².